The normalized spacial score (nSPS) is 13.3. The van der Waals surface area contributed by atoms with Gasteiger partial charge >= 0.3 is 6.03 Å². The number of hydrogen-bond acceptors (Lipinski definition) is 1. The molecule has 2 aromatic carbocycles. The molecule has 0 saturated carbocycles. The second kappa shape index (κ2) is 6.70. The molecule has 5 nitrogen and oxygen atoms in total. The number of carbonyl (C=O) groups excluding carboxylic acids is 1. The number of benzene rings is 2. The molecule has 4 N–H and O–H groups in total. The number of nitrogens with zero attached hydrogens (tertiary/aromatic N) is 2. The molecule has 0 aliphatic carbocycles. The number of urea groups is 1. The number of amides is 2. The van der Waals surface area contributed by atoms with Crippen LogP contribution in [0.2, 0.25) is 0 Å². The lowest BCUT2D eigenvalue weighted by Gasteiger charge is -2.30. The third-order valence-corrected chi connectivity index (χ3v) is 4.42. The summed E-state index contributed by atoms with van der Waals surface area (Å²) in [4.78, 5) is 17.0. The Hall–Kier alpha value is -3.03. The average Bonchev–Trinajstić information content (AvgIpc) is 2.55. The molecule has 0 radical (unpaired) electrons. The van der Waals surface area contributed by atoms with Crippen LogP contribution in [-0.2, 0) is 13.0 Å². The van der Waals surface area contributed by atoms with Crippen LogP contribution in [0, 0.1) is 24.4 Å². The number of hydrogen-bond donors (Lipinski definition) is 2. The Kier molecular flexibility index (Phi) is 4.58. The molecule has 0 saturated heterocycles. The van der Waals surface area contributed by atoms with Gasteiger partial charge in [-0.25, -0.2) is 18.0 Å². The SMILES string of the molecule is Cc1ccc(-c2c(F)cc(F)cc2F)c2c1CCN(C(=O)N=C(N)N)C2. The van der Waals surface area contributed by atoms with E-state index in [2.05, 4.69) is 4.99 Å². The van der Waals surface area contributed by atoms with Crippen molar-refractivity contribution in [2.75, 3.05) is 6.54 Å². The van der Waals surface area contributed by atoms with Crippen LogP contribution in [0.4, 0.5) is 18.0 Å². The van der Waals surface area contributed by atoms with Crippen molar-refractivity contribution in [1.82, 2.24) is 4.90 Å². The average molecular weight is 362 g/mol. The first-order chi connectivity index (χ1) is 12.3. The second-order valence-electron chi connectivity index (χ2n) is 6.12. The molecule has 2 amide bonds. The van der Waals surface area contributed by atoms with Crippen molar-refractivity contribution in [2.24, 2.45) is 16.5 Å². The first-order valence-electron chi connectivity index (χ1n) is 7.92. The molecule has 1 aliphatic rings. The highest BCUT2D eigenvalue weighted by molar-refractivity contribution is 5.90. The third-order valence-electron chi connectivity index (χ3n) is 4.42. The predicted molar refractivity (Wildman–Crippen MR) is 91.8 cm³/mol. The smallest absolute Gasteiger partial charge is 0.347 e. The number of guanidine groups is 1. The molecular weight excluding hydrogens is 345 g/mol. The van der Waals surface area contributed by atoms with Crippen LogP contribution < -0.4 is 11.5 Å². The summed E-state index contributed by atoms with van der Waals surface area (Å²) in [5, 5.41) is 0. The maximum atomic E-state index is 14.3. The molecule has 0 bridgehead atoms. The number of nitrogens with two attached hydrogens (primary N) is 2. The van der Waals surface area contributed by atoms with Gasteiger partial charge in [0, 0.05) is 25.2 Å². The second-order valence-corrected chi connectivity index (χ2v) is 6.12. The lowest BCUT2D eigenvalue weighted by Crippen LogP contribution is -2.37. The number of aryl methyl sites for hydroxylation is 1. The van der Waals surface area contributed by atoms with Crippen LogP contribution in [0.25, 0.3) is 11.1 Å². The van der Waals surface area contributed by atoms with E-state index in [1.54, 1.807) is 12.1 Å². The van der Waals surface area contributed by atoms with Crippen molar-refractivity contribution in [3.63, 3.8) is 0 Å². The van der Waals surface area contributed by atoms with E-state index in [0.29, 0.717) is 30.7 Å². The number of halogens is 3. The minimum absolute atomic E-state index is 0.0955. The van der Waals surface area contributed by atoms with Crippen LogP contribution in [0.15, 0.2) is 29.3 Å². The van der Waals surface area contributed by atoms with E-state index in [1.165, 1.54) is 4.90 Å². The standard InChI is InChI=1S/C18H17F3N4O/c1-9-2-3-12(16-14(20)6-10(19)7-15(16)21)13-8-25(5-4-11(9)13)18(26)24-17(22)23/h2-3,6-7H,4-5,8H2,1H3,(H4,22,23,24,26). The van der Waals surface area contributed by atoms with Crippen molar-refractivity contribution in [2.45, 2.75) is 19.9 Å². The summed E-state index contributed by atoms with van der Waals surface area (Å²) in [5.74, 6) is -3.35. The molecule has 2 aromatic rings. The zero-order chi connectivity index (χ0) is 19.0. The summed E-state index contributed by atoms with van der Waals surface area (Å²) in [6.45, 7) is 2.35. The number of aliphatic imine (C=N–C) groups is 1. The van der Waals surface area contributed by atoms with Gasteiger partial charge in [-0.1, -0.05) is 12.1 Å². The van der Waals surface area contributed by atoms with Gasteiger partial charge in [0.05, 0.1) is 5.56 Å². The number of rotatable bonds is 1. The monoisotopic (exact) mass is 362 g/mol. The van der Waals surface area contributed by atoms with Crippen molar-refractivity contribution < 1.29 is 18.0 Å². The molecule has 1 heterocycles. The maximum absolute atomic E-state index is 14.3. The van der Waals surface area contributed by atoms with E-state index in [4.69, 9.17) is 11.5 Å². The maximum Gasteiger partial charge on any atom is 0.347 e. The van der Waals surface area contributed by atoms with E-state index in [1.807, 2.05) is 6.92 Å². The Labute approximate surface area is 148 Å². The van der Waals surface area contributed by atoms with E-state index in [0.717, 1.165) is 11.1 Å². The van der Waals surface area contributed by atoms with E-state index in [-0.39, 0.29) is 23.6 Å². The highest BCUT2D eigenvalue weighted by atomic mass is 19.1. The van der Waals surface area contributed by atoms with Crippen molar-refractivity contribution in [1.29, 1.82) is 0 Å². The molecule has 26 heavy (non-hydrogen) atoms. The molecule has 0 aromatic heterocycles. The zero-order valence-electron chi connectivity index (χ0n) is 14.0. The van der Waals surface area contributed by atoms with Crippen LogP contribution in [0.1, 0.15) is 16.7 Å². The highest BCUT2D eigenvalue weighted by Gasteiger charge is 2.26. The van der Waals surface area contributed by atoms with Gasteiger partial charge in [0.15, 0.2) is 5.96 Å². The van der Waals surface area contributed by atoms with Gasteiger partial charge in [0.25, 0.3) is 0 Å². The van der Waals surface area contributed by atoms with Crippen LogP contribution in [0.3, 0.4) is 0 Å². The summed E-state index contributed by atoms with van der Waals surface area (Å²) < 4.78 is 41.8. The van der Waals surface area contributed by atoms with E-state index in [9.17, 15) is 18.0 Å². The number of carbonyl (C=O) groups is 1. The largest absolute Gasteiger partial charge is 0.370 e. The van der Waals surface area contributed by atoms with Gasteiger partial charge < -0.3 is 16.4 Å². The Balaban J connectivity index is 2.12. The molecule has 0 atom stereocenters. The molecule has 0 fully saturated rings. The van der Waals surface area contributed by atoms with Gasteiger partial charge in [-0.05, 0) is 35.6 Å². The summed E-state index contributed by atoms with van der Waals surface area (Å²) in [5.41, 5.74) is 12.9. The fraction of sp³-hybridized carbons (Fsp3) is 0.222. The predicted octanol–water partition coefficient (Wildman–Crippen LogP) is 2.83. The Morgan fingerprint density at radius 2 is 1.77 bits per heavy atom. The summed E-state index contributed by atoms with van der Waals surface area (Å²) in [7, 11) is 0. The quantitative estimate of drug-likeness (QED) is 0.604. The molecule has 0 spiro atoms. The topological polar surface area (TPSA) is 84.7 Å². The summed E-state index contributed by atoms with van der Waals surface area (Å²) >= 11 is 0. The fourth-order valence-electron chi connectivity index (χ4n) is 3.23. The zero-order valence-corrected chi connectivity index (χ0v) is 14.0. The first-order valence-corrected chi connectivity index (χ1v) is 7.92. The Bertz CT molecular complexity index is 900. The van der Waals surface area contributed by atoms with Gasteiger partial charge in [-0.3, -0.25) is 0 Å². The molecule has 3 rings (SSSR count). The molecule has 8 heteroatoms. The molecule has 1 aliphatic heterocycles. The Morgan fingerprint density at radius 3 is 2.38 bits per heavy atom. The highest BCUT2D eigenvalue weighted by Crippen LogP contribution is 2.35. The van der Waals surface area contributed by atoms with E-state index >= 15 is 0 Å². The Morgan fingerprint density at radius 1 is 1.12 bits per heavy atom. The van der Waals surface area contributed by atoms with Crippen LogP contribution >= 0.6 is 0 Å². The van der Waals surface area contributed by atoms with Crippen molar-refractivity contribution in [3.05, 3.63) is 58.4 Å². The van der Waals surface area contributed by atoms with Crippen molar-refractivity contribution >= 4 is 12.0 Å². The summed E-state index contributed by atoms with van der Waals surface area (Å²) in [6, 6.07) is 3.97. The molecular formula is C18H17F3N4O. The lowest BCUT2D eigenvalue weighted by atomic mass is 9.88. The van der Waals surface area contributed by atoms with Crippen LogP contribution in [0.5, 0.6) is 0 Å². The fourth-order valence-corrected chi connectivity index (χ4v) is 3.23. The molecule has 0 unspecified atom stereocenters. The lowest BCUT2D eigenvalue weighted by molar-refractivity contribution is 0.202. The molecule has 136 valence electrons. The summed E-state index contributed by atoms with van der Waals surface area (Å²) in [6.07, 6.45) is 0.491. The van der Waals surface area contributed by atoms with Gasteiger partial charge in [-0.15, -0.1) is 0 Å². The van der Waals surface area contributed by atoms with Gasteiger partial charge in [0.2, 0.25) is 0 Å². The minimum atomic E-state index is -0.999. The number of fused-ring (bicyclic) bond motifs is 1. The van der Waals surface area contributed by atoms with Gasteiger partial charge in [-0.2, -0.15) is 4.99 Å². The minimum Gasteiger partial charge on any atom is -0.370 e. The van der Waals surface area contributed by atoms with Gasteiger partial charge in [0.1, 0.15) is 17.5 Å². The van der Waals surface area contributed by atoms with E-state index < -0.39 is 23.5 Å². The van der Waals surface area contributed by atoms with Crippen molar-refractivity contribution in [3.8, 4) is 11.1 Å². The first kappa shape index (κ1) is 17.8. The van der Waals surface area contributed by atoms with Crippen LogP contribution in [-0.4, -0.2) is 23.4 Å². The third kappa shape index (κ3) is 3.22.